The first kappa shape index (κ1) is 22.1. The molecular formula is C22H32ClN3O3. The molecule has 2 aliphatic heterocycles. The maximum absolute atomic E-state index is 13.6. The van der Waals surface area contributed by atoms with Gasteiger partial charge in [-0.1, -0.05) is 43.2 Å². The van der Waals surface area contributed by atoms with Gasteiger partial charge in [0.1, 0.15) is 0 Å². The van der Waals surface area contributed by atoms with E-state index < -0.39 is 5.41 Å². The molecule has 3 fully saturated rings. The summed E-state index contributed by atoms with van der Waals surface area (Å²) in [5.74, 6) is 0.403. The van der Waals surface area contributed by atoms with Gasteiger partial charge in [0.05, 0.1) is 18.6 Å². The Hall–Kier alpha value is -1.63. The number of hydrogen-bond acceptors (Lipinski definition) is 4. The molecule has 1 saturated carbocycles. The van der Waals surface area contributed by atoms with Crippen LogP contribution in [0, 0.1) is 5.41 Å². The maximum atomic E-state index is 13.6. The van der Waals surface area contributed by atoms with Crippen molar-refractivity contribution in [3.8, 4) is 0 Å². The van der Waals surface area contributed by atoms with E-state index in [2.05, 4.69) is 12.1 Å². The third-order valence-electron chi connectivity index (χ3n) is 6.75. The molecule has 29 heavy (non-hydrogen) atoms. The van der Waals surface area contributed by atoms with E-state index in [1.807, 2.05) is 28.0 Å². The Labute approximate surface area is 179 Å². The highest BCUT2D eigenvalue weighted by Crippen LogP contribution is 2.44. The molecule has 1 aromatic carbocycles. The molecule has 2 heterocycles. The van der Waals surface area contributed by atoms with E-state index in [-0.39, 0.29) is 36.2 Å². The molecule has 2 saturated heterocycles. The van der Waals surface area contributed by atoms with Crippen LogP contribution >= 0.6 is 12.4 Å². The van der Waals surface area contributed by atoms with Gasteiger partial charge in [-0.05, 0) is 18.4 Å². The van der Waals surface area contributed by atoms with Gasteiger partial charge >= 0.3 is 0 Å². The van der Waals surface area contributed by atoms with Crippen molar-refractivity contribution in [3.63, 3.8) is 0 Å². The molecule has 0 spiro atoms. The number of halogens is 1. The summed E-state index contributed by atoms with van der Waals surface area (Å²) in [5.41, 5.74) is 7.07. The second kappa shape index (κ2) is 9.45. The number of carbonyl (C=O) groups is 2. The van der Waals surface area contributed by atoms with Crippen molar-refractivity contribution in [3.05, 3.63) is 35.9 Å². The standard InChI is InChI=1S/C22H31N3O3.ClH/c23-19-16-25(15-18(19)17-6-2-1-3-7-17)21(27)22(8-4-5-9-22)14-20(26)24-10-12-28-13-11-24;/h1-3,6-7,18-19H,4-5,8-16,23H2;1H/t18-,19+;/m0./s1. The number of benzene rings is 1. The Morgan fingerprint density at radius 2 is 1.69 bits per heavy atom. The summed E-state index contributed by atoms with van der Waals surface area (Å²) in [5, 5.41) is 0. The number of nitrogens with zero attached hydrogens (tertiary/aromatic N) is 2. The number of likely N-dealkylation sites (tertiary alicyclic amines) is 1. The molecule has 0 radical (unpaired) electrons. The van der Waals surface area contributed by atoms with E-state index in [1.54, 1.807) is 0 Å². The number of nitrogens with two attached hydrogens (primary N) is 1. The highest BCUT2D eigenvalue weighted by Gasteiger charge is 2.48. The quantitative estimate of drug-likeness (QED) is 0.808. The Kier molecular flexibility index (Phi) is 7.19. The van der Waals surface area contributed by atoms with Gasteiger partial charge in [-0.15, -0.1) is 12.4 Å². The molecule has 1 aromatic rings. The van der Waals surface area contributed by atoms with Crippen LogP contribution in [0.4, 0.5) is 0 Å². The Morgan fingerprint density at radius 3 is 2.34 bits per heavy atom. The fraction of sp³-hybridized carbons (Fsp3) is 0.636. The zero-order valence-corrected chi connectivity index (χ0v) is 17.7. The second-order valence-electron chi connectivity index (χ2n) is 8.55. The van der Waals surface area contributed by atoms with Crippen molar-refractivity contribution in [1.82, 2.24) is 9.80 Å². The van der Waals surface area contributed by atoms with Gasteiger partial charge in [0, 0.05) is 44.6 Å². The van der Waals surface area contributed by atoms with Gasteiger partial charge < -0.3 is 20.3 Å². The molecule has 6 nitrogen and oxygen atoms in total. The summed E-state index contributed by atoms with van der Waals surface area (Å²) in [7, 11) is 0. The first-order valence-corrected chi connectivity index (χ1v) is 10.5. The summed E-state index contributed by atoms with van der Waals surface area (Å²) in [4.78, 5) is 30.3. The normalized spacial score (nSPS) is 26.2. The molecule has 0 aromatic heterocycles. The van der Waals surface area contributed by atoms with Crippen LogP contribution in [0.15, 0.2) is 30.3 Å². The molecule has 2 atom stereocenters. The molecular weight excluding hydrogens is 390 g/mol. The van der Waals surface area contributed by atoms with Crippen molar-refractivity contribution in [1.29, 1.82) is 0 Å². The monoisotopic (exact) mass is 421 g/mol. The van der Waals surface area contributed by atoms with E-state index in [9.17, 15) is 9.59 Å². The number of amides is 2. The summed E-state index contributed by atoms with van der Waals surface area (Å²) >= 11 is 0. The van der Waals surface area contributed by atoms with Crippen LogP contribution in [0.3, 0.4) is 0 Å². The molecule has 1 aliphatic carbocycles. The van der Waals surface area contributed by atoms with E-state index in [1.165, 1.54) is 5.56 Å². The number of morpholine rings is 1. The van der Waals surface area contributed by atoms with E-state index in [4.69, 9.17) is 10.5 Å². The fourth-order valence-electron chi connectivity index (χ4n) is 5.12. The highest BCUT2D eigenvalue weighted by atomic mass is 35.5. The van der Waals surface area contributed by atoms with Gasteiger partial charge in [-0.25, -0.2) is 0 Å². The highest BCUT2D eigenvalue weighted by molar-refractivity contribution is 5.89. The first-order valence-electron chi connectivity index (χ1n) is 10.5. The van der Waals surface area contributed by atoms with Gasteiger partial charge in [0.15, 0.2) is 0 Å². The molecule has 2 amide bonds. The molecule has 4 rings (SSSR count). The number of rotatable bonds is 4. The van der Waals surface area contributed by atoms with Crippen LogP contribution in [0.1, 0.15) is 43.6 Å². The molecule has 0 bridgehead atoms. The van der Waals surface area contributed by atoms with Crippen molar-refractivity contribution in [2.24, 2.45) is 11.1 Å². The first-order chi connectivity index (χ1) is 13.6. The fourth-order valence-corrected chi connectivity index (χ4v) is 5.12. The molecule has 3 aliphatic rings. The second-order valence-corrected chi connectivity index (χ2v) is 8.55. The third kappa shape index (κ3) is 4.60. The zero-order valence-electron chi connectivity index (χ0n) is 16.9. The largest absolute Gasteiger partial charge is 0.378 e. The van der Waals surface area contributed by atoms with Crippen molar-refractivity contribution < 1.29 is 14.3 Å². The van der Waals surface area contributed by atoms with Gasteiger partial charge in [-0.3, -0.25) is 9.59 Å². The minimum Gasteiger partial charge on any atom is -0.378 e. The van der Waals surface area contributed by atoms with Crippen LogP contribution in [0.5, 0.6) is 0 Å². The molecule has 2 N–H and O–H groups in total. The van der Waals surface area contributed by atoms with Crippen LogP contribution < -0.4 is 5.73 Å². The van der Waals surface area contributed by atoms with Crippen LogP contribution in [0.25, 0.3) is 0 Å². The molecule has 0 unspecified atom stereocenters. The lowest BCUT2D eigenvalue weighted by Crippen LogP contribution is -2.47. The number of ether oxygens (including phenoxy) is 1. The van der Waals surface area contributed by atoms with Crippen molar-refractivity contribution in [2.45, 2.75) is 44.1 Å². The van der Waals surface area contributed by atoms with Crippen molar-refractivity contribution >= 4 is 24.2 Å². The summed E-state index contributed by atoms with van der Waals surface area (Å²) in [6.45, 7) is 3.67. The SMILES string of the molecule is Cl.N[C@@H]1CN(C(=O)C2(CC(=O)N3CCOCC3)CCCC2)C[C@H]1c1ccccc1. The Bertz CT molecular complexity index is 703. The summed E-state index contributed by atoms with van der Waals surface area (Å²) in [6, 6.07) is 10.2. The van der Waals surface area contributed by atoms with Crippen LogP contribution in [0.2, 0.25) is 0 Å². The number of carbonyl (C=O) groups excluding carboxylic acids is 2. The molecule has 7 heteroatoms. The van der Waals surface area contributed by atoms with Gasteiger partial charge in [0.25, 0.3) is 0 Å². The van der Waals surface area contributed by atoms with Crippen LogP contribution in [-0.2, 0) is 14.3 Å². The van der Waals surface area contributed by atoms with E-state index in [0.717, 1.165) is 25.7 Å². The minimum absolute atomic E-state index is 0. The van der Waals surface area contributed by atoms with E-state index >= 15 is 0 Å². The topological polar surface area (TPSA) is 75.9 Å². The average Bonchev–Trinajstić information content (AvgIpc) is 3.36. The molecule has 160 valence electrons. The summed E-state index contributed by atoms with van der Waals surface area (Å²) < 4.78 is 5.36. The third-order valence-corrected chi connectivity index (χ3v) is 6.75. The zero-order chi connectivity index (χ0) is 19.6. The summed E-state index contributed by atoms with van der Waals surface area (Å²) in [6.07, 6.45) is 3.98. The Morgan fingerprint density at radius 1 is 1.03 bits per heavy atom. The van der Waals surface area contributed by atoms with Gasteiger partial charge in [0.2, 0.25) is 11.8 Å². The number of hydrogen-bond donors (Lipinski definition) is 1. The lowest BCUT2D eigenvalue weighted by molar-refractivity contribution is -0.148. The predicted octanol–water partition coefficient (Wildman–Crippen LogP) is 2.17. The predicted molar refractivity (Wildman–Crippen MR) is 114 cm³/mol. The average molecular weight is 422 g/mol. The minimum atomic E-state index is -0.541. The maximum Gasteiger partial charge on any atom is 0.229 e. The van der Waals surface area contributed by atoms with Crippen LogP contribution in [-0.4, -0.2) is 67.0 Å². The lowest BCUT2D eigenvalue weighted by atomic mass is 9.80. The Balaban J connectivity index is 0.00000240. The van der Waals surface area contributed by atoms with Gasteiger partial charge in [-0.2, -0.15) is 0 Å². The lowest BCUT2D eigenvalue weighted by Gasteiger charge is -2.35. The smallest absolute Gasteiger partial charge is 0.229 e. The van der Waals surface area contributed by atoms with E-state index in [0.29, 0.717) is 45.8 Å². The van der Waals surface area contributed by atoms with Crippen molar-refractivity contribution in [2.75, 3.05) is 39.4 Å².